The fourth-order valence-corrected chi connectivity index (χ4v) is 4.99. The van der Waals surface area contributed by atoms with Crippen LogP contribution in [0.2, 0.25) is 0 Å². The van der Waals surface area contributed by atoms with Crippen molar-refractivity contribution in [1.82, 2.24) is 9.80 Å². The molecule has 4 fully saturated rings. The molecule has 0 bridgehead atoms. The van der Waals surface area contributed by atoms with Gasteiger partial charge in [0.1, 0.15) is 23.3 Å². The van der Waals surface area contributed by atoms with E-state index in [1.54, 1.807) is 41.5 Å². The lowest BCUT2D eigenvalue weighted by Crippen LogP contribution is -2.44. The molecule has 2 aliphatic carbocycles. The molecule has 2 heterocycles. The number of rotatable bonds is 6. The van der Waals surface area contributed by atoms with Gasteiger partial charge in [0.15, 0.2) is 0 Å². The molecule has 4 atom stereocenters. The number of methoxy groups -OCH3 is 1. The average Bonchev–Trinajstić information content (AvgIpc) is 3.41. The van der Waals surface area contributed by atoms with Crippen molar-refractivity contribution in [3.8, 4) is 0 Å². The summed E-state index contributed by atoms with van der Waals surface area (Å²) in [4.78, 5) is 50.2. The van der Waals surface area contributed by atoms with Gasteiger partial charge < -0.3 is 28.8 Å². The van der Waals surface area contributed by atoms with Gasteiger partial charge in [0.05, 0.1) is 44.6 Å². The molecule has 4 aliphatic rings. The molecule has 2 saturated heterocycles. The molecular formula is C29H48N2O10. The van der Waals surface area contributed by atoms with Gasteiger partial charge in [0, 0.05) is 12.8 Å². The molecule has 0 unspecified atom stereocenters. The van der Waals surface area contributed by atoms with Gasteiger partial charge in [-0.1, -0.05) is 0 Å². The molecule has 0 aromatic carbocycles. The number of likely N-dealkylation sites (tertiary alicyclic amines) is 2. The summed E-state index contributed by atoms with van der Waals surface area (Å²) in [5.74, 6) is -1.42. The number of hydrogen-bond donors (Lipinski definition) is 1. The quantitative estimate of drug-likeness (QED) is 0.358. The number of carbonyl (C=O) groups is 4. The third-order valence-corrected chi connectivity index (χ3v) is 7.41. The van der Waals surface area contributed by atoms with Crippen LogP contribution in [0.1, 0.15) is 92.9 Å². The molecular weight excluding hydrogens is 536 g/mol. The summed E-state index contributed by atoms with van der Waals surface area (Å²) < 4.78 is 27.2. The first-order valence-electron chi connectivity index (χ1n) is 14.7. The van der Waals surface area contributed by atoms with Crippen LogP contribution in [0.15, 0.2) is 0 Å². The molecule has 0 aromatic rings. The van der Waals surface area contributed by atoms with Gasteiger partial charge in [-0.05, 0) is 80.1 Å². The predicted octanol–water partition coefficient (Wildman–Crippen LogP) is 4.12. The van der Waals surface area contributed by atoms with Crippen molar-refractivity contribution in [3.63, 3.8) is 0 Å². The minimum absolute atomic E-state index is 0.119. The van der Waals surface area contributed by atoms with Crippen LogP contribution in [0.5, 0.6) is 0 Å². The van der Waals surface area contributed by atoms with E-state index in [2.05, 4.69) is 0 Å². The molecule has 0 radical (unpaired) electrons. The van der Waals surface area contributed by atoms with Crippen molar-refractivity contribution < 1.29 is 48.0 Å². The van der Waals surface area contributed by atoms with Crippen LogP contribution in [-0.4, -0.2) is 107 Å². The van der Waals surface area contributed by atoms with Crippen LogP contribution < -0.4 is 0 Å². The van der Waals surface area contributed by atoms with Gasteiger partial charge in [-0.3, -0.25) is 9.80 Å². The lowest BCUT2D eigenvalue weighted by Gasteiger charge is -2.29. The monoisotopic (exact) mass is 584 g/mol. The van der Waals surface area contributed by atoms with E-state index in [1.165, 1.54) is 23.3 Å². The first-order chi connectivity index (χ1) is 19.1. The van der Waals surface area contributed by atoms with Crippen molar-refractivity contribution in [2.45, 2.75) is 141 Å². The Bertz CT molecular complexity index is 935. The van der Waals surface area contributed by atoms with Gasteiger partial charge in [0.2, 0.25) is 0 Å². The molecule has 41 heavy (non-hydrogen) atoms. The van der Waals surface area contributed by atoms with Crippen LogP contribution in [0.25, 0.3) is 0 Å². The molecule has 234 valence electrons. The summed E-state index contributed by atoms with van der Waals surface area (Å²) in [6.45, 7) is 11.4. The Kier molecular flexibility index (Phi) is 10.9. The minimum Gasteiger partial charge on any atom is -0.480 e. The van der Waals surface area contributed by atoms with Crippen LogP contribution in [0.4, 0.5) is 9.59 Å². The highest BCUT2D eigenvalue weighted by molar-refractivity contribution is 5.82. The summed E-state index contributed by atoms with van der Waals surface area (Å²) >= 11 is 0. The van der Waals surface area contributed by atoms with Crippen molar-refractivity contribution in [2.75, 3.05) is 20.2 Å². The second-order valence-corrected chi connectivity index (χ2v) is 13.3. The van der Waals surface area contributed by atoms with Gasteiger partial charge in [-0.25, -0.2) is 19.2 Å². The van der Waals surface area contributed by atoms with Gasteiger partial charge in [-0.15, -0.1) is 0 Å². The second-order valence-electron chi connectivity index (χ2n) is 13.3. The third kappa shape index (κ3) is 9.73. The largest absolute Gasteiger partial charge is 0.480 e. The maximum absolute atomic E-state index is 12.2. The Labute approximate surface area is 242 Å². The molecule has 12 nitrogen and oxygen atoms in total. The van der Waals surface area contributed by atoms with Gasteiger partial charge in [-0.2, -0.15) is 0 Å². The Morgan fingerprint density at radius 2 is 1.05 bits per heavy atom. The predicted molar refractivity (Wildman–Crippen MR) is 147 cm³/mol. The zero-order valence-electron chi connectivity index (χ0n) is 25.6. The topological polar surface area (TPSA) is 141 Å². The highest BCUT2D eigenvalue weighted by Crippen LogP contribution is 2.31. The van der Waals surface area contributed by atoms with Crippen molar-refractivity contribution in [3.05, 3.63) is 0 Å². The summed E-state index contributed by atoms with van der Waals surface area (Å²) in [6.07, 6.45) is 6.46. The third-order valence-electron chi connectivity index (χ3n) is 7.41. The van der Waals surface area contributed by atoms with Gasteiger partial charge >= 0.3 is 24.1 Å². The number of carboxylic acids is 1. The Balaban J connectivity index is 0.000000226. The Morgan fingerprint density at radius 3 is 1.37 bits per heavy atom. The molecule has 4 rings (SSSR count). The number of carbonyl (C=O) groups excluding carboxylic acids is 3. The summed E-state index contributed by atoms with van der Waals surface area (Å²) in [7, 11) is 1.33. The molecule has 0 aromatic heterocycles. The highest BCUT2D eigenvalue weighted by atomic mass is 16.6. The second kappa shape index (κ2) is 13.6. The SMILES string of the molecule is CC(C)(C)OC(=O)N1C[C@@H](OC2CCC2)C[C@H]1C(=O)O.COC(=O)[C@@H]1C[C@H](OC2CCC2)CN1C(=O)OC(C)(C)C. The van der Waals surface area contributed by atoms with Crippen LogP contribution in [0.3, 0.4) is 0 Å². The standard InChI is InChI=1S/C15H25NO5.C14H23NO5/c1-15(2,3)21-14(18)16-9-11(20-10-6-5-7-10)8-12(16)13(17)19-4;1-14(2,3)20-13(18)15-8-10(7-11(15)12(16)17)19-9-5-4-6-9/h10-12H,5-9H2,1-4H3;9-11H,4-8H2,1-3H3,(H,16,17)/t11-,12-;10-,11-/m00/s1. The number of aliphatic carboxylic acids is 1. The molecule has 2 saturated carbocycles. The van der Waals surface area contributed by atoms with Crippen molar-refractivity contribution in [2.24, 2.45) is 0 Å². The van der Waals surface area contributed by atoms with E-state index < -0.39 is 47.4 Å². The van der Waals surface area contributed by atoms with Crippen LogP contribution >= 0.6 is 0 Å². The van der Waals surface area contributed by atoms with E-state index in [-0.39, 0.29) is 24.4 Å². The van der Waals surface area contributed by atoms with E-state index in [0.29, 0.717) is 25.9 Å². The Morgan fingerprint density at radius 1 is 0.659 bits per heavy atom. The molecule has 1 N–H and O–H groups in total. The number of amides is 2. The Hall–Kier alpha value is -2.60. The summed E-state index contributed by atoms with van der Waals surface area (Å²) in [5, 5.41) is 9.25. The fraction of sp³-hybridized carbons (Fsp3) is 0.862. The summed E-state index contributed by atoms with van der Waals surface area (Å²) in [5.41, 5.74) is -1.22. The van der Waals surface area contributed by atoms with E-state index in [9.17, 15) is 24.3 Å². The van der Waals surface area contributed by atoms with E-state index in [1.807, 2.05) is 0 Å². The van der Waals surface area contributed by atoms with E-state index >= 15 is 0 Å². The smallest absolute Gasteiger partial charge is 0.411 e. The van der Waals surface area contributed by atoms with Crippen molar-refractivity contribution in [1.29, 1.82) is 0 Å². The molecule has 2 amide bonds. The van der Waals surface area contributed by atoms with Crippen LogP contribution in [-0.2, 0) is 33.3 Å². The van der Waals surface area contributed by atoms with Crippen molar-refractivity contribution >= 4 is 24.1 Å². The van der Waals surface area contributed by atoms with Gasteiger partial charge in [0.25, 0.3) is 0 Å². The number of carboxylic acid groups (broad SMARTS) is 1. The first kappa shape index (κ1) is 32.9. The lowest BCUT2D eigenvalue weighted by molar-refractivity contribution is -0.146. The molecule has 2 aliphatic heterocycles. The first-order valence-corrected chi connectivity index (χ1v) is 14.7. The minimum atomic E-state index is -1.00. The summed E-state index contributed by atoms with van der Waals surface area (Å²) in [6, 6.07) is -1.47. The maximum Gasteiger partial charge on any atom is 0.411 e. The molecule has 0 spiro atoms. The molecule has 12 heteroatoms. The highest BCUT2D eigenvalue weighted by Gasteiger charge is 2.44. The average molecular weight is 585 g/mol. The van der Waals surface area contributed by atoms with E-state index in [0.717, 1.165) is 32.1 Å². The fourth-order valence-electron chi connectivity index (χ4n) is 4.99. The lowest BCUT2D eigenvalue weighted by atomic mass is 9.96. The number of ether oxygens (including phenoxy) is 5. The maximum atomic E-state index is 12.2. The number of nitrogens with zero attached hydrogens (tertiary/aromatic N) is 2. The van der Waals surface area contributed by atoms with Crippen LogP contribution in [0, 0.1) is 0 Å². The normalized spacial score (nSPS) is 26.8. The van der Waals surface area contributed by atoms with E-state index in [4.69, 9.17) is 23.7 Å². The zero-order valence-corrected chi connectivity index (χ0v) is 25.6. The zero-order chi connectivity index (χ0) is 30.5. The number of esters is 1. The number of hydrogen-bond acceptors (Lipinski definition) is 9.